The van der Waals surface area contributed by atoms with Gasteiger partial charge in [0.2, 0.25) is 0 Å². The Kier molecular flexibility index (Phi) is 8.11. The number of quaternary nitrogens is 1. The molecule has 22 heavy (non-hydrogen) atoms. The molecule has 0 unspecified atom stereocenters. The second kappa shape index (κ2) is 8.75. The zero-order valence-electron chi connectivity index (χ0n) is 13.5. The van der Waals surface area contributed by atoms with Crippen LogP contribution in [0.25, 0.3) is 6.08 Å². The summed E-state index contributed by atoms with van der Waals surface area (Å²) >= 11 is 0. The van der Waals surface area contributed by atoms with Crippen molar-refractivity contribution in [2.45, 2.75) is 13.8 Å². The van der Waals surface area contributed by atoms with E-state index in [-0.39, 0.29) is 35.8 Å². The third-order valence-electron chi connectivity index (χ3n) is 2.55. The molecule has 0 N–H and O–H groups in total. The van der Waals surface area contributed by atoms with Gasteiger partial charge in [-0.15, -0.1) is 0 Å². The second-order valence-electron chi connectivity index (χ2n) is 5.19. The maximum absolute atomic E-state index is 11.8. The summed E-state index contributed by atoms with van der Waals surface area (Å²) in [6.45, 7) is 3.70. The molecule has 1 aromatic rings. The van der Waals surface area contributed by atoms with Crippen LogP contribution in [-0.4, -0.2) is 46.3 Å². The Hall–Kier alpha value is -1.60. The third-order valence-corrected chi connectivity index (χ3v) is 2.55. The minimum Gasteiger partial charge on any atom is -1.00 e. The molecular formula is C15H22BrNO5. The minimum atomic E-state index is -0.723. The fraction of sp³-hybridized carbons (Fsp3) is 0.467. The van der Waals surface area contributed by atoms with E-state index < -0.39 is 11.9 Å². The van der Waals surface area contributed by atoms with Crippen LogP contribution in [0.2, 0.25) is 0 Å². The van der Waals surface area contributed by atoms with Crippen molar-refractivity contribution >= 4 is 23.9 Å². The van der Waals surface area contributed by atoms with Gasteiger partial charge in [0, 0.05) is 12.1 Å². The molecule has 1 rings (SSSR count). The van der Waals surface area contributed by atoms with Crippen LogP contribution in [0.5, 0.6) is 0 Å². The van der Waals surface area contributed by atoms with E-state index in [0.717, 1.165) is 0 Å². The highest BCUT2D eigenvalue weighted by Gasteiger charge is 2.23. The number of nitrogens with zero attached hydrogens (tertiary/aromatic N) is 1. The van der Waals surface area contributed by atoms with Crippen LogP contribution in [0.15, 0.2) is 22.1 Å². The van der Waals surface area contributed by atoms with Gasteiger partial charge in [-0.1, -0.05) is 0 Å². The summed E-state index contributed by atoms with van der Waals surface area (Å²) in [5.41, 5.74) is -0.180. The van der Waals surface area contributed by atoms with Gasteiger partial charge in [-0.2, -0.15) is 0 Å². The summed E-state index contributed by atoms with van der Waals surface area (Å²) in [5, 5.41) is 0. The van der Waals surface area contributed by atoms with E-state index in [1.54, 1.807) is 26.0 Å². The zero-order valence-corrected chi connectivity index (χ0v) is 15.1. The molecule has 0 atom stereocenters. The molecule has 0 aliphatic carbocycles. The Bertz CT molecular complexity index is 522. The number of ether oxygens (including phenoxy) is 2. The van der Waals surface area contributed by atoms with E-state index in [2.05, 4.69) is 0 Å². The average Bonchev–Trinajstić information content (AvgIpc) is 2.84. The highest BCUT2D eigenvalue weighted by molar-refractivity contribution is 6.17. The normalized spacial score (nSPS) is 10.4. The number of hydrogen-bond donors (Lipinski definition) is 0. The van der Waals surface area contributed by atoms with E-state index in [4.69, 9.17) is 13.9 Å². The quantitative estimate of drug-likeness (QED) is 0.209. The summed E-state index contributed by atoms with van der Waals surface area (Å²) in [5.74, 6) is -0.347. The van der Waals surface area contributed by atoms with E-state index in [9.17, 15) is 9.59 Å². The molecular weight excluding hydrogens is 354 g/mol. The van der Waals surface area contributed by atoms with E-state index >= 15 is 0 Å². The third kappa shape index (κ3) is 5.65. The van der Waals surface area contributed by atoms with Crippen molar-refractivity contribution in [3.63, 3.8) is 0 Å². The van der Waals surface area contributed by atoms with E-state index in [1.165, 1.54) is 6.08 Å². The Labute approximate surface area is 141 Å². The zero-order chi connectivity index (χ0) is 16.0. The molecule has 124 valence electrons. The second-order valence-corrected chi connectivity index (χ2v) is 5.19. The first-order chi connectivity index (χ1) is 9.79. The van der Waals surface area contributed by atoms with Crippen LogP contribution < -0.4 is 21.5 Å². The lowest BCUT2D eigenvalue weighted by molar-refractivity contribution is -0.146. The van der Waals surface area contributed by atoms with Gasteiger partial charge >= 0.3 is 11.9 Å². The van der Waals surface area contributed by atoms with Crippen molar-refractivity contribution in [1.29, 1.82) is 0 Å². The summed E-state index contributed by atoms with van der Waals surface area (Å²) in [7, 11) is 5.85. The standard InChI is InChI=1S/C15H22NO5.BrH/c1-6-19-14(17)12(15(18)20-7-2)10-11-8-9-13(21-11)16(3,4)5;/h8-10H,6-7H2,1-5H3;1H/q+1;/p-1. The highest BCUT2D eigenvalue weighted by Crippen LogP contribution is 2.22. The molecule has 0 aliphatic heterocycles. The molecule has 7 heteroatoms. The molecule has 0 saturated heterocycles. The smallest absolute Gasteiger partial charge is 0.345 e. The first kappa shape index (κ1) is 20.4. The van der Waals surface area contributed by atoms with Gasteiger partial charge in [-0.25, -0.2) is 9.59 Å². The van der Waals surface area contributed by atoms with Gasteiger partial charge in [0.25, 0.3) is 5.88 Å². The number of furan rings is 1. The molecule has 1 heterocycles. The number of halogens is 1. The molecule has 0 bridgehead atoms. The molecule has 6 nitrogen and oxygen atoms in total. The van der Waals surface area contributed by atoms with Crippen molar-refractivity contribution in [2.24, 2.45) is 0 Å². The molecule has 0 amide bonds. The highest BCUT2D eigenvalue weighted by atomic mass is 79.9. The van der Waals surface area contributed by atoms with Crippen LogP contribution in [0.1, 0.15) is 19.6 Å². The van der Waals surface area contributed by atoms with Crippen molar-refractivity contribution in [2.75, 3.05) is 34.4 Å². The topological polar surface area (TPSA) is 65.7 Å². The Morgan fingerprint density at radius 2 is 1.59 bits per heavy atom. The summed E-state index contributed by atoms with van der Waals surface area (Å²) in [6.07, 6.45) is 1.34. The molecule has 1 aromatic heterocycles. The minimum absolute atomic E-state index is 0. The van der Waals surface area contributed by atoms with E-state index in [1.807, 2.05) is 21.1 Å². The predicted octanol–water partition coefficient (Wildman–Crippen LogP) is -1.01. The Balaban J connectivity index is 0.00000441. The average molecular weight is 376 g/mol. The summed E-state index contributed by atoms with van der Waals surface area (Å²) in [6, 6.07) is 3.48. The molecule has 0 aliphatic rings. The maximum atomic E-state index is 11.8. The van der Waals surface area contributed by atoms with Gasteiger partial charge in [0.05, 0.1) is 34.4 Å². The van der Waals surface area contributed by atoms with Gasteiger partial charge in [0.15, 0.2) is 0 Å². The molecule has 0 aromatic carbocycles. The summed E-state index contributed by atoms with van der Waals surface area (Å²) < 4.78 is 15.8. The number of hydrogen-bond acceptors (Lipinski definition) is 5. The molecule has 0 spiro atoms. The lowest BCUT2D eigenvalue weighted by Gasteiger charge is -2.18. The van der Waals surface area contributed by atoms with Crippen LogP contribution in [0.4, 0.5) is 5.88 Å². The van der Waals surface area contributed by atoms with Crippen LogP contribution >= 0.6 is 0 Å². The Morgan fingerprint density at radius 1 is 1.09 bits per heavy atom. The number of carbonyl (C=O) groups excluding carboxylic acids is 2. The molecule has 0 fully saturated rings. The fourth-order valence-corrected chi connectivity index (χ4v) is 1.54. The first-order valence-corrected chi connectivity index (χ1v) is 6.77. The molecule has 0 saturated carbocycles. The number of esters is 2. The van der Waals surface area contributed by atoms with Crippen molar-refractivity contribution in [3.8, 4) is 0 Å². The lowest BCUT2D eigenvalue weighted by atomic mass is 10.2. The SMILES string of the molecule is CCOC(=O)C(=Cc1ccc([N+](C)(C)C)o1)C(=O)OCC.[Br-]. The van der Waals surface area contributed by atoms with Crippen LogP contribution in [0.3, 0.4) is 0 Å². The first-order valence-electron chi connectivity index (χ1n) is 6.77. The van der Waals surface area contributed by atoms with Crippen LogP contribution in [-0.2, 0) is 19.1 Å². The summed E-state index contributed by atoms with van der Waals surface area (Å²) in [4.78, 5) is 23.7. The molecule has 0 radical (unpaired) electrons. The van der Waals surface area contributed by atoms with Gasteiger partial charge < -0.3 is 30.9 Å². The number of rotatable bonds is 6. The number of carbonyl (C=O) groups is 2. The Morgan fingerprint density at radius 3 is 1.95 bits per heavy atom. The van der Waals surface area contributed by atoms with Crippen LogP contribution in [0, 0.1) is 0 Å². The van der Waals surface area contributed by atoms with Crippen molar-refractivity contribution < 1.29 is 40.5 Å². The van der Waals surface area contributed by atoms with Crippen molar-refractivity contribution in [3.05, 3.63) is 23.5 Å². The van der Waals surface area contributed by atoms with E-state index in [0.29, 0.717) is 16.1 Å². The maximum Gasteiger partial charge on any atom is 0.345 e. The van der Waals surface area contributed by atoms with Crippen molar-refractivity contribution in [1.82, 2.24) is 4.48 Å². The largest absolute Gasteiger partial charge is 1.00 e. The fourth-order valence-electron chi connectivity index (χ4n) is 1.54. The van der Waals surface area contributed by atoms with Gasteiger partial charge in [-0.3, -0.25) is 4.48 Å². The lowest BCUT2D eigenvalue weighted by Crippen LogP contribution is -3.00. The van der Waals surface area contributed by atoms with Gasteiger partial charge in [-0.05, 0) is 19.9 Å². The monoisotopic (exact) mass is 375 g/mol. The van der Waals surface area contributed by atoms with Gasteiger partial charge in [0.1, 0.15) is 11.3 Å². The predicted molar refractivity (Wildman–Crippen MR) is 79.5 cm³/mol.